The molecule has 0 aliphatic heterocycles. The molecule has 0 atom stereocenters. The molecule has 0 aliphatic carbocycles. The summed E-state index contributed by atoms with van der Waals surface area (Å²) in [7, 11) is -3.91. The van der Waals surface area contributed by atoms with Gasteiger partial charge >= 0.3 is 12.9 Å². The van der Waals surface area contributed by atoms with Gasteiger partial charge in [0.15, 0.2) is 11.2 Å². The van der Waals surface area contributed by atoms with Crippen molar-refractivity contribution in [1.82, 2.24) is 14.4 Å². The van der Waals surface area contributed by atoms with E-state index in [1.807, 2.05) is 35.1 Å². The van der Waals surface area contributed by atoms with Gasteiger partial charge in [0.25, 0.3) is 0 Å². The van der Waals surface area contributed by atoms with Crippen molar-refractivity contribution >= 4 is 39.9 Å². The van der Waals surface area contributed by atoms with E-state index in [-0.39, 0.29) is 0 Å². The van der Waals surface area contributed by atoms with Crippen molar-refractivity contribution in [2.24, 2.45) is 7.05 Å². The van der Waals surface area contributed by atoms with Crippen molar-refractivity contribution in [3.63, 3.8) is 0 Å². The Morgan fingerprint density at radius 3 is 2.06 bits per heavy atom. The number of nitrogens with zero attached hydrogens (tertiary/aromatic N) is 4. The van der Waals surface area contributed by atoms with Gasteiger partial charge < -0.3 is 17.3 Å². The molecule has 10 heteroatoms. The molecule has 5 aromatic rings. The highest BCUT2D eigenvalue weighted by atomic mass is 79.9. The van der Waals surface area contributed by atoms with Gasteiger partial charge in [-0.2, -0.15) is 0 Å². The van der Waals surface area contributed by atoms with Gasteiger partial charge in [-0.15, -0.1) is 5.10 Å². The summed E-state index contributed by atoms with van der Waals surface area (Å²) >= 11 is 3.51. The minimum absolute atomic E-state index is 0.965. The van der Waals surface area contributed by atoms with Crippen LogP contribution in [0.25, 0.3) is 33.6 Å². The molecule has 5 rings (SSSR count). The summed E-state index contributed by atoms with van der Waals surface area (Å²) in [6, 6.07) is 27.0. The molecule has 31 heavy (non-hydrogen) atoms. The average molecular weight is 491 g/mol. The molecule has 0 saturated heterocycles. The van der Waals surface area contributed by atoms with E-state index in [4.69, 9.17) is 5.10 Å². The van der Waals surface area contributed by atoms with Crippen LogP contribution >= 0.6 is 15.9 Å². The number of hydrogen-bond donors (Lipinski definition) is 0. The van der Waals surface area contributed by atoms with Crippen LogP contribution < -0.4 is 4.57 Å². The van der Waals surface area contributed by atoms with Crippen molar-refractivity contribution in [2.75, 3.05) is 0 Å². The first-order chi connectivity index (χ1) is 14.7. The van der Waals surface area contributed by atoms with Gasteiger partial charge in [0, 0.05) is 10.0 Å². The van der Waals surface area contributed by atoms with E-state index in [1.54, 1.807) is 0 Å². The molecular weight excluding hydrogens is 475 g/mol. The number of fused-ring (bicyclic) bond motifs is 3. The Morgan fingerprint density at radius 2 is 1.42 bits per heavy atom. The number of imidazole rings is 1. The standard InChI is InChI=1S/C21H16BrN4.BF4/c1-24-18-9-5-6-10-19(18)25-21(24)20(15-7-3-2-4-8-15)23-26(25)17-13-11-16(22)12-14-17;2-1(3,4)5/h2-14H,1H3;/q+1;-1. The van der Waals surface area contributed by atoms with E-state index in [2.05, 4.69) is 80.6 Å². The highest BCUT2D eigenvalue weighted by molar-refractivity contribution is 9.10. The number of aryl methyl sites for hydroxylation is 1. The van der Waals surface area contributed by atoms with E-state index in [0.717, 1.165) is 32.6 Å². The Balaban J connectivity index is 0.000000418. The first kappa shape index (κ1) is 21.1. The molecule has 0 spiro atoms. The summed E-state index contributed by atoms with van der Waals surface area (Å²) in [4.78, 5) is 1.98. The molecule has 0 N–H and O–H groups in total. The molecule has 0 fully saturated rings. The molecule has 0 saturated carbocycles. The van der Waals surface area contributed by atoms with Gasteiger partial charge in [0.05, 0.1) is 7.05 Å². The Kier molecular flexibility index (Phi) is 5.57. The van der Waals surface area contributed by atoms with Gasteiger partial charge in [-0.05, 0) is 36.4 Å². The van der Waals surface area contributed by atoms with E-state index in [1.165, 1.54) is 5.52 Å². The van der Waals surface area contributed by atoms with Crippen LogP contribution in [0.15, 0.2) is 83.3 Å². The molecule has 0 aliphatic rings. The SMILES string of the molecule is C[n+]1c2ccccc2n2c1c(-c1ccccc1)nn2-c1ccc(Br)cc1.F[B-](F)(F)F. The van der Waals surface area contributed by atoms with Crippen LogP contribution in [-0.2, 0) is 7.05 Å². The van der Waals surface area contributed by atoms with Gasteiger partial charge in [-0.1, -0.05) is 67.7 Å². The number of benzene rings is 3. The molecule has 2 heterocycles. The molecule has 3 aromatic carbocycles. The number of halogens is 5. The summed E-state index contributed by atoms with van der Waals surface area (Å²) < 4.78 is 44.4. The lowest BCUT2D eigenvalue weighted by Crippen LogP contribution is -2.27. The third kappa shape index (κ3) is 4.34. The summed E-state index contributed by atoms with van der Waals surface area (Å²) in [5, 5.41) is 4.97. The molecular formula is C21H16BBrF4N4. The maximum atomic E-state index is 9.75. The lowest BCUT2D eigenvalue weighted by molar-refractivity contribution is -0.618. The maximum Gasteiger partial charge on any atom is 0.673 e. The van der Waals surface area contributed by atoms with Crippen LogP contribution in [0.4, 0.5) is 17.3 Å². The Hall–Kier alpha value is -3.14. The summed E-state index contributed by atoms with van der Waals surface area (Å²) in [6.45, 7) is 0. The molecule has 158 valence electrons. The second-order valence-electron chi connectivity index (χ2n) is 6.76. The fraction of sp³-hybridized carbons (Fsp3) is 0.0476. The molecule has 4 nitrogen and oxygen atoms in total. The minimum Gasteiger partial charge on any atom is -0.418 e. The number of hydrogen-bond acceptors (Lipinski definition) is 1. The monoisotopic (exact) mass is 490 g/mol. The molecule has 0 bridgehead atoms. The van der Waals surface area contributed by atoms with E-state index >= 15 is 0 Å². The van der Waals surface area contributed by atoms with Crippen LogP contribution in [0.2, 0.25) is 0 Å². The quantitative estimate of drug-likeness (QED) is 0.173. The third-order valence-corrected chi connectivity index (χ3v) is 5.22. The lowest BCUT2D eigenvalue weighted by Gasteiger charge is -2.00. The normalized spacial score (nSPS) is 11.5. The number of aromatic nitrogens is 4. The first-order valence-corrected chi connectivity index (χ1v) is 10.1. The van der Waals surface area contributed by atoms with Crippen molar-refractivity contribution in [3.05, 3.63) is 83.3 Å². The van der Waals surface area contributed by atoms with Crippen molar-refractivity contribution in [3.8, 4) is 16.9 Å². The molecule has 0 radical (unpaired) electrons. The van der Waals surface area contributed by atoms with E-state index in [9.17, 15) is 17.3 Å². The predicted octanol–water partition coefficient (Wildman–Crippen LogP) is 5.83. The zero-order valence-electron chi connectivity index (χ0n) is 16.3. The van der Waals surface area contributed by atoms with E-state index < -0.39 is 7.25 Å². The fourth-order valence-electron chi connectivity index (χ4n) is 3.46. The highest BCUT2D eigenvalue weighted by Crippen LogP contribution is 2.27. The third-order valence-electron chi connectivity index (χ3n) is 4.69. The fourth-order valence-corrected chi connectivity index (χ4v) is 3.73. The maximum absolute atomic E-state index is 9.75. The molecule has 2 aromatic heterocycles. The zero-order valence-corrected chi connectivity index (χ0v) is 17.8. The van der Waals surface area contributed by atoms with Crippen LogP contribution in [0.5, 0.6) is 0 Å². The van der Waals surface area contributed by atoms with Gasteiger partial charge in [-0.3, -0.25) is 0 Å². The second-order valence-corrected chi connectivity index (χ2v) is 7.67. The second kappa shape index (κ2) is 8.18. The van der Waals surface area contributed by atoms with Crippen LogP contribution in [0, 0.1) is 0 Å². The Bertz CT molecular complexity index is 1340. The zero-order chi connectivity index (χ0) is 22.2. The summed E-state index contributed by atoms with van der Waals surface area (Å²) in [6.07, 6.45) is 0. The smallest absolute Gasteiger partial charge is 0.418 e. The van der Waals surface area contributed by atoms with Crippen LogP contribution in [0.1, 0.15) is 0 Å². The first-order valence-electron chi connectivity index (χ1n) is 9.31. The minimum atomic E-state index is -6.00. The van der Waals surface area contributed by atoms with Gasteiger partial charge in [0.1, 0.15) is 5.69 Å². The van der Waals surface area contributed by atoms with Crippen molar-refractivity contribution in [2.45, 2.75) is 0 Å². The number of para-hydroxylation sites is 2. The average Bonchev–Trinajstić information content (AvgIpc) is 3.26. The molecule has 0 amide bonds. The van der Waals surface area contributed by atoms with Crippen molar-refractivity contribution in [1.29, 1.82) is 0 Å². The van der Waals surface area contributed by atoms with Crippen LogP contribution in [0.3, 0.4) is 0 Å². The van der Waals surface area contributed by atoms with Gasteiger partial charge in [-0.25, -0.2) is 4.57 Å². The topological polar surface area (TPSA) is 26.1 Å². The lowest BCUT2D eigenvalue weighted by atomic mass is 10.2. The van der Waals surface area contributed by atoms with E-state index in [0.29, 0.717) is 0 Å². The van der Waals surface area contributed by atoms with Crippen LogP contribution in [-0.4, -0.2) is 21.7 Å². The summed E-state index contributed by atoms with van der Waals surface area (Å²) in [5.41, 5.74) is 6.46. The van der Waals surface area contributed by atoms with Gasteiger partial charge in [0.2, 0.25) is 5.52 Å². The van der Waals surface area contributed by atoms with Crippen molar-refractivity contribution < 1.29 is 21.8 Å². The summed E-state index contributed by atoms with van der Waals surface area (Å²) in [5.74, 6) is 0. The predicted molar refractivity (Wildman–Crippen MR) is 117 cm³/mol. The number of rotatable bonds is 2. The molecule has 0 unspecified atom stereocenters. The Labute approximate surface area is 183 Å². The Morgan fingerprint density at radius 1 is 0.839 bits per heavy atom. The largest absolute Gasteiger partial charge is 0.673 e. The highest BCUT2D eigenvalue weighted by Gasteiger charge is 2.28.